The molecule has 0 amide bonds. The molecule has 0 heterocycles. The van der Waals surface area contributed by atoms with Gasteiger partial charge in [0.1, 0.15) is 0 Å². The van der Waals surface area contributed by atoms with Crippen LogP contribution in [0.2, 0.25) is 0 Å². The molecule has 4 nitrogen and oxygen atoms in total. The summed E-state index contributed by atoms with van der Waals surface area (Å²) in [6.07, 6.45) is 0.914. The molecule has 0 aliphatic carbocycles. The van der Waals surface area contributed by atoms with Crippen LogP contribution < -0.4 is 0 Å². The molecule has 0 radical (unpaired) electrons. The van der Waals surface area contributed by atoms with Crippen LogP contribution in [0.4, 0.5) is 0 Å². The molecule has 0 atom stereocenters. The first-order chi connectivity index (χ1) is 8.06. The Morgan fingerprint density at radius 1 is 1.12 bits per heavy atom. The van der Waals surface area contributed by atoms with E-state index in [1.165, 1.54) is 14.0 Å². The van der Waals surface area contributed by atoms with Crippen LogP contribution in [-0.2, 0) is 14.3 Å². The second kappa shape index (κ2) is 5.75. The van der Waals surface area contributed by atoms with Gasteiger partial charge >= 0.3 is 5.97 Å². The first-order valence-electron chi connectivity index (χ1n) is 4.96. The van der Waals surface area contributed by atoms with Gasteiger partial charge in [-0.25, -0.2) is 4.79 Å². The Labute approximate surface area is 98.9 Å². The van der Waals surface area contributed by atoms with E-state index in [0.29, 0.717) is 5.56 Å². The normalized spacial score (nSPS) is 10.8. The van der Waals surface area contributed by atoms with Gasteiger partial charge in [-0.05, 0) is 6.92 Å². The number of ketones is 2. The molecule has 0 saturated heterocycles. The SMILES string of the molecule is COC(=O)/C=C(/C(C)=O)C(=O)c1ccccc1. The number of carbonyl (C=O) groups excluding carboxylic acids is 3. The minimum absolute atomic E-state index is 0.178. The molecule has 0 saturated carbocycles. The number of allylic oxidation sites excluding steroid dienone is 1. The lowest BCUT2D eigenvalue weighted by Gasteiger charge is -2.02. The van der Waals surface area contributed by atoms with Gasteiger partial charge < -0.3 is 4.74 Å². The number of hydrogen-bond donors (Lipinski definition) is 0. The zero-order chi connectivity index (χ0) is 12.8. The van der Waals surface area contributed by atoms with Gasteiger partial charge in [0.05, 0.1) is 12.7 Å². The fourth-order valence-electron chi connectivity index (χ4n) is 1.25. The Kier molecular flexibility index (Phi) is 4.34. The summed E-state index contributed by atoms with van der Waals surface area (Å²) >= 11 is 0. The van der Waals surface area contributed by atoms with E-state index in [0.717, 1.165) is 6.08 Å². The van der Waals surface area contributed by atoms with E-state index in [1.54, 1.807) is 30.3 Å². The van der Waals surface area contributed by atoms with E-state index >= 15 is 0 Å². The smallest absolute Gasteiger partial charge is 0.331 e. The Morgan fingerprint density at radius 2 is 1.71 bits per heavy atom. The van der Waals surface area contributed by atoms with Gasteiger partial charge in [0.25, 0.3) is 0 Å². The summed E-state index contributed by atoms with van der Waals surface area (Å²) < 4.78 is 4.40. The Hall–Kier alpha value is -2.23. The molecule has 0 aromatic heterocycles. The summed E-state index contributed by atoms with van der Waals surface area (Å²) in [5.74, 6) is -1.67. The zero-order valence-electron chi connectivity index (χ0n) is 9.60. The van der Waals surface area contributed by atoms with Crippen molar-refractivity contribution >= 4 is 17.5 Å². The van der Waals surface area contributed by atoms with E-state index in [2.05, 4.69) is 4.74 Å². The van der Waals surface area contributed by atoms with Crippen LogP contribution in [0, 0.1) is 0 Å². The van der Waals surface area contributed by atoms with Gasteiger partial charge in [-0.2, -0.15) is 0 Å². The number of benzene rings is 1. The van der Waals surface area contributed by atoms with Gasteiger partial charge in [0.15, 0.2) is 11.6 Å². The van der Waals surface area contributed by atoms with Gasteiger partial charge in [-0.15, -0.1) is 0 Å². The highest BCUT2D eigenvalue weighted by atomic mass is 16.5. The summed E-state index contributed by atoms with van der Waals surface area (Å²) in [6.45, 7) is 1.23. The minimum Gasteiger partial charge on any atom is -0.466 e. The maximum Gasteiger partial charge on any atom is 0.331 e. The topological polar surface area (TPSA) is 60.4 Å². The molecule has 17 heavy (non-hydrogen) atoms. The van der Waals surface area contributed by atoms with Crippen LogP contribution in [0.3, 0.4) is 0 Å². The van der Waals surface area contributed by atoms with Crippen LogP contribution in [-0.4, -0.2) is 24.6 Å². The minimum atomic E-state index is -0.723. The maximum absolute atomic E-state index is 11.9. The largest absolute Gasteiger partial charge is 0.466 e. The van der Waals surface area contributed by atoms with Crippen LogP contribution in [0.5, 0.6) is 0 Å². The maximum atomic E-state index is 11.9. The Morgan fingerprint density at radius 3 is 2.18 bits per heavy atom. The molecule has 0 N–H and O–H groups in total. The molecular weight excluding hydrogens is 220 g/mol. The second-order valence-corrected chi connectivity index (χ2v) is 3.33. The molecule has 0 spiro atoms. The van der Waals surface area contributed by atoms with Crippen molar-refractivity contribution in [2.45, 2.75) is 6.92 Å². The predicted octanol–water partition coefficient (Wildman–Crippen LogP) is 1.56. The fraction of sp³-hybridized carbons (Fsp3) is 0.154. The number of ether oxygens (including phenoxy) is 1. The summed E-state index contributed by atoms with van der Waals surface area (Å²) in [5.41, 5.74) is 0.181. The highest BCUT2D eigenvalue weighted by Crippen LogP contribution is 2.09. The van der Waals surface area contributed by atoms with Gasteiger partial charge in [-0.3, -0.25) is 9.59 Å². The van der Waals surface area contributed by atoms with E-state index in [1.807, 2.05) is 0 Å². The number of Topliss-reactive ketones (excluding diaryl/α,β-unsaturated/α-hetero) is 2. The molecule has 0 aliphatic rings. The lowest BCUT2D eigenvalue weighted by molar-refractivity contribution is -0.135. The molecule has 4 heteroatoms. The van der Waals surface area contributed by atoms with Crippen molar-refractivity contribution in [2.75, 3.05) is 7.11 Å². The fourth-order valence-corrected chi connectivity index (χ4v) is 1.25. The van der Waals surface area contributed by atoms with E-state index < -0.39 is 17.5 Å². The lowest BCUT2D eigenvalue weighted by Crippen LogP contribution is -2.13. The third-order valence-electron chi connectivity index (χ3n) is 2.12. The molecule has 1 aromatic carbocycles. The molecule has 1 aromatic rings. The highest BCUT2D eigenvalue weighted by molar-refractivity contribution is 6.27. The van der Waals surface area contributed by atoms with Crippen molar-refractivity contribution in [1.82, 2.24) is 0 Å². The summed E-state index contributed by atoms with van der Waals surface area (Å²) in [4.78, 5) is 34.3. The van der Waals surface area contributed by atoms with Crippen LogP contribution >= 0.6 is 0 Å². The third kappa shape index (κ3) is 3.38. The molecule has 1 rings (SSSR count). The van der Waals surface area contributed by atoms with Gasteiger partial charge in [0, 0.05) is 11.6 Å². The quantitative estimate of drug-likeness (QED) is 0.260. The molecule has 88 valence electrons. The average Bonchev–Trinajstić information content (AvgIpc) is 2.35. The Bertz CT molecular complexity index is 471. The molecular formula is C13H12O4. The number of methoxy groups -OCH3 is 1. The van der Waals surface area contributed by atoms with Crippen molar-refractivity contribution in [2.24, 2.45) is 0 Å². The number of rotatable bonds is 4. The van der Waals surface area contributed by atoms with Gasteiger partial charge in [0.2, 0.25) is 0 Å². The lowest BCUT2D eigenvalue weighted by atomic mass is 10.0. The zero-order valence-corrected chi connectivity index (χ0v) is 9.60. The first-order valence-corrected chi connectivity index (χ1v) is 4.96. The van der Waals surface area contributed by atoms with Crippen LogP contribution in [0.1, 0.15) is 17.3 Å². The monoisotopic (exact) mass is 232 g/mol. The van der Waals surface area contributed by atoms with Crippen molar-refractivity contribution < 1.29 is 19.1 Å². The molecule has 0 unspecified atom stereocenters. The first kappa shape index (κ1) is 12.8. The van der Waals surface area contributed by atoms with E-state index in [-0.39, 0.29) is 5.57 Å². The number of esters is 1. The van der Waals surface area contributed by atoms with Crippen molar-refractivity contribution in [3.63, 3.8) is 0 Å². The Balaban J connectivity index is 3.10. The number of hydrogen-bond acceptors (Lipinski definition) is 4. The van der Waals surface area contributed by atoms with Crippen LogP contribution in [0.25, 0.3) is 0 Å². The molecule has 0 fully saturated rings. The van der Waals surface area contributed by atoms with Crippen molar-refractivity contribution in [1.29, 1.82) is 0 Å². The summed E-state index contributed by atoms with van der Waals surface area (Å²) in [5, 5.41) is 0. The standard InChI is InChI=1S/C13H12O4/c1-9(14)11(8-12(15)17-2)13(16)10-6-4-3-5-7-10/h3-8H,1-2H3/b11-8-. The second-order valence-electron chi connectivity index (χ2n) is 3.33. The summed E-state index contributed by atoms with van der Waals surface area (Å²) in [7, 11) is 1.18. The number of carbonyl (C=O) groups is 3. The van der Waals surface area contributed by atoms with Crippen molar-refractivity contribution in [3.8, 4) is 0 Å². The van der Waals surface area contributed by atoms with Crippen LogP contribution in [0.15, 0.2) is 42.0 Å². The predicted molar refractivity (Wildman–Crippen MR) is 61.6 cm³/mol. The van der Waals surface area contributed by atoms with E-state index in [4.69, 9.17) is 0 Å². The van der Waals surface area contributed by atoms with E-state index in [9.17, 15) is 14.4 Å². The molecule has 0 aliphatic heterocycles. The summed E-state index contributed by atoms with van der Waals surface area (Å²) in [6, 6.07) is 8.29. The van der Waals surface area contributed by atoms with Gasteiger partial charge in [-0.1, -0.05) is 30.3 Å². The van der Waals surface area contributed by atoms with Crippen molar-refractivity contribution in [3.05, 3.63) is 47.5 Å². The average molecular weight is 232 g/mol. The third-order valence-corrected chi connectivity index (χ3v) is 2.12. The highest BCUT2D eigenvalue weighted by Gasteiger charge is 2.17. The molecule has 0 bridgehead atoms.